The lowest BCUT2D eigenvalue weighted by Gasteiger charge is -2.05. The average Bonchev–Trinajstić information content (AvgIpc) is 2.66. The minimum Gasteiger partial charge on any atom is -0.364 e. The number of hydrogen-bond donors (Lipinski definition) is 1. The quantitative estimate of drug-likeness (QED) is 0.874. The van der Waals surface area contributed by atoms with Gasteiger partial charge in [-0.2, -0.15) is 4.98 Å². The fourth-order valence-electron chi connectivity index (χ4n) is 1.13. The number of thiazole rings is 1. The van der Waals surface area contributed by atoms with Gasteiger partial charge in [0.15, 0.2) is 0 Å². The van der Waals surface area contributed by atoms with Crippen molar-refractivity contribution in [1.29, 1.82) is 0 Å². The van der Waals surface area contributed by atoms with Gasteiger partial charge in [0.1, 0.15) is 10.8 Å². The molecule has 84 valence electrons. The number of rotatable bonds is 3. The van der Waals surface area contributed by atoms with Gasteiger partial charge in [0, 0.05) is 11.1 Å². The zero-order valence-electron chi connectivity index (χ0n) is 8.37. The Kier molecular flexibility index (Phi) is 3.58. The number of nitrogens with zero attached hydrogens (tertiary/aromatic N) is 3. The maximum atomic E-state index is 5.91. The Balaban J connectivity index is 2.07. The van der Waals surface area contributed by atoms with Crippen LogP contribution in [-0.4, -0.2) is 15.0 Å². The molecule has 0 spiro atoms. The zero-order valence-corrected chi connectivity index (χ0v) is 10.7. The SMILES string of the molecule is Cc1ncc(CNc2nc(Cl)ncc2Cl)s1. The molecular formula is C9H8Cl2N4S. The topological polar surface area (TPSA) is 50.7 Å². The summed E-state index contributed by atoms with van der Waals surface area (Å²) in [5, 5.41) is 4.74. The highest BCUT2D eigenvalue weighted by Gasteiger charge is 2.04. The van der Waals surface area contributed by atoms with Crippen LogP contribution >= 0.6 is 34.5 Å². The van der Waals surface area contributed by atoms with Crippen LogP contribution in [0, 0.1) is 6.92 Å². The lowest BCUT2D eigenvalue weighted by molar-refractivity contribution is 1.09. The molecule has 0 aliphatic carbocycles. The molecule has 0 atom stereocenters. The zero-order chi connectivity index (χ0) is 11.5. The third kappa shape index (κ3) is 2.81. The first-order valence-corrected chi connectivity index (χ1v) is 6.05. The molecule has 4 nitrogen and oxygen atoms in total. The second kappa shape index (κ2) is 4.95. The van der Waals surface area contributed by atoms with Gasteiger partial charge in [-0.3, -0.25) is 0 Å². The number of halogens is 2. The molecule has 2 rings (SSSR count). The van der Waals surface area contributed by atoms with Gasteiger partial charge in [0.25, 0.3) is 0 Å². The number of nitrogens with one attached hydrogen (secondary N) is 1. The van der Waals surface area contributed by atoms with Crippen LogP contribution in [0.4, 0.5) is 5.82 Å². The molecule has 0 saturated carbocycles. The van der Waals surface area contributed by atoms with Gasteiger partial charge in [0.05, 0.1) is 17.7 Å². The first-order chi connectivity index (χ1) is 7.65. The summed E-state index contributed by atoms with van der Waals surface area (Å²) in [5.74, 6) is 0.535. The van der Waals surface area contributed by atoms with Crippen molar-refractivity contribution in [3.63, 3.8) is 0 Å². The summed E-state index contributed by atoms with van der Waals surface area (Å²) in [6.45, 7) is 2.58. The van der Waals surface area contributed by atoms with Gasteiger partial charge < -0.3 is 5.32 Å². The lowest BCUT2D eigenvalue weighted by Crippen LogP contribution is -2.01. The summed E-state index contributed by atoms with van der Waals surface area (Å²) in [6, 6.07) is 0. The first kappa shape index (κ1) is 11.6. The standard InChI is InChI=1S/C9H8Cl2N4S/c1-5-12-2-6(16-5)3-13-8-7(10)4-14-9(11)15-8/h2,4H,3H2,1H3,(H,13,14,15). The van der Waals surface area contributed by atoms with Crippen LogP contribution in [0.3, 0.4) is 0 Å². The summed E-state index contributed by atoms with van der Waals surface area (Å²) in [5.41, 5.74) is 0. The predicted molar refractivity (Wildman–Crippen MR) is 66.2 cm³/mol. The van der Waals surface area contributed by atoms with Crippen LogP contribution in [0.1, 0.15) is 9.88 Å². The van der Waals surface area contributed by atoms with Gasteiger partial charge in [-0.15, -0.1) is 11.3 Å². The Labute approximate surface area is 107 Å². The van der Waals surface area contributed by atoms with Crippen molar-refractivity contribution in [1.82, 2.24) is 15.0 Å². The highest BCUT2D eigenvalue weighted by molar-refractivity contribution is 7.11. The van der Waals surface area contributed by atoms with Gasteiger partial charge in [-0.25, -0.2) is 9.97 Å². The van der Waals surface area contributed by atoms with Gasteiger partial charge in [-0.05, 0) is 18.5 Å². The number of aromatic nitrogens is 3. The summed E-state index contributed by atoms with van der Waals surface area (Å²) >= 11 is 13.2. The van der Waals surface area contributed by atoms with Crippen molar-refractivity contribution < 1.29 is 0 Å². The molecule has 0 fully saturated rings. The first-order valence-electron chi connectivity index (χ1n) is 4.48. The van der Waals surface area contributed by atoms with Gasteiger partial charge in [0.2, 0.25) is 5.28 Å². The predicted octanol–water partition coefficient (Wildman–Crippen LogP) is 3.16. The minimum atomic E-state index is 0.174. The average molecular weight is 275 g/mol. The molecule has 16 heavy (non-hydrogen) atoms. The van der Waals surface area contributed by atoms with Crippen LogP contribution in [-0.2, 0) is 6.54 Å². The molecule has 0 saturated heterocycles. The Hall–Kier alpha value is -0.910. The Bertz CT molecular complexity index is 500. The molecule has 0 aliphatic rings. The van der Waals surface area contributed by atoms with E-state index >= 15 is 0 Å². The van der Waals surface area contributed by atoms with E-state index in [4.69, 9.17) is 23.2 Å². The third-order valence-electron chi connectivity index (χ3n) is 1.81. The maximum Gasteiger partial charge on any atom is 0.224 e. The number of hydrogen-bond acceptors (Lipinski definition) is 5. The minimum absolute atomic E-state index is 0.174. The van der Waals surface area contributed by atoms with Crippen molar-refractivity contribution in [3.8, 4) is 0 Å². The van der Waals surface area contributed by atoms with E-state index in [-0.39, 0.29) is 5.28 Å². The highest BCUT2D eigenvalue weighted by atomic mass is 35.5. The molecule has 0 aliphatic heterocycles. The van der Waals surface area contributed by atoms with E-state index in [1.807, 2.05) is 13.1 Å². The molecule has 0 amide bonds. The monoisotopic (exact) mass is 274 g/mol. The Morgan fingerprint density at radius 1 is 1.31 bits per heavy atom. The second-order valence-electron chi connectivity index (χ2n) is 3.03. The van der Waals surface area contributed by atoms with Crippen LogP contribution in [0.15, 0.2) is 12.4 Å². The van der Waals surface area contributed by atoms with Crippen LogP contribution in [0.5, 0.6) is 0 Å². The van der Waals surface area contributed by atoms with Gasteiger partial charge >= 0.3 is 0 Å². The van der Waals surface area contributed by atoms with Crippen LogP contribution in [0.25, 0.3) is 0 Å². The Morgan fingerprint density at radius 2 is 2.12 bits per heavy atom. The molecule has 0 unspecified atom stereocenters. The molecule has 2 aromatic rings. The van der Waals surface area contributed by atoms with Crippen molar-refractivity contribution in [3.05, 3.63) is 32.6 Å². The van der Waals surface area contributed by atoms with Crippen LogP contribution in [0.2, 0.25) is 10.3 Å². The van der Waals surface area contributed by atoms with Crippen molar-refractivity contribution >= 4 is 40.4 Å². The van der Waals surface area contributed by atoms with Gasteiger partial charge in [-0.1, -0.05) is 11.6 Å². The number of aryl methyl sites for hydroxylation is 1. The molecule has 2 heterocycles. The molecule has 0 aromatic carbocycles. The lowest BCUT2D eigenvalue weighted by atomic mass is 10.5. The fourth-order valence-corrected chi connectivity index (χ4v) is 2.15. The summed E-state index contributed by atoms with van der Waals surface area (Å²) < 4.78 is 0. The van der Waals surface area contributed by atoms with E-state index in [1.165, 1.54) is 6.20 Å². The van der Waals surface area contributed by atoms with E-state index in [1.54, 1.807) is 11.3 Å². The molecule has 0 radical (unpaired) electrons. The Morgan fingerprint density at radius 3 is 2.81 bits per heavy atom. The third-order valence-corrected chi connectivity index (χ3v) is 3.19. The second-order valence-corrected chi connectivity index (χ2v) is 5.10. The smallest absolute Gasteiger partial charge is 0.224 e. The van der Waals surface area contributed by atoms with E-state index < -0.39 is 0 Å². The molecule has 0 bridgehead atoms. The van der Waals surface area contributed by atoms with E-state index in [2.05, 4.69) is 20.3 Å². The number of anilines is 1. The fraction of sp³-hybridized carbons (Fsp3) is 0.222. The normalized spacial score (nSPS) is 10.4. The maximum absolute atomic E-state index is 5.91. The summed E-state index contributed by atoms with van der Waals surface area (Å²) in [4.78, 5) is 13.0. The molecule has 7 heteroatoms. The van der Waals surface area contributed by atoms with Crippen LogP contribution < -0.4 is 5.32 Å². The van der Waals surface area contributed by atoms with Crippen molar-refractivity contribution in [2.24, 2.45) is 0 Å². The largest absolute Gasteiger partial charge is 0.364 e. The van der Waals surface area contributed by atoms with E-state index in [0.29, 0.717) is 17.4 Å². The highest BCUT2D eigenvalue weighted by Crippen LogP contribution is 2.21. The van der Waals surface area contributed by atoms with E-state index in [0.717, 1.165) is 9.88 Å². The van der Waals surface area contributed by atoms with E-state index in [9.17, 15) is 0 Å². The molecule has 1 N–H and O–H groups in total. The molecular weight excluding hydrogens is 267 g/mol. The summed E-state index contributed by atoms with van der Waals surface area (Å²) in [6.07, 6.45) is 3.29. The van der Waals surface area contributed by atoms with Crippen molar-refractivity contribution in [2.75, 3.05) is 5.32 Å². The molecule has 2 aromatic heterocycles. The van der Waals surface area contributed by atoms with Crippen molar-refractivity contribution in [2.45, 2.75) is 13.5 Å². The summed E-state index contributed by atoms with van der Waals surface area (Å²) in [7, 11) is 0.